The van der Waals surface area contributed by atoms with E-state index >= 15 is 0 Å². The van der Waals surface area contributed by atoms with Crippen molar-refractivity contribution in [2.75, 3.05) is 25.6 Å². The standard InChI is InChI=1S/C22H18BrCl2N3O6S2/c1-3-33-18(29)10-34-19-13(23)6-11(7-16(19)32-2)8-17-20(30)28(22(35)36-17)27-21(31)26-12-4-5-14(24)15(25)9-12/h4-9H,3,10H2,1-2H3,(H2,26,27,31)/b17-8-. The molecule has 14 heteroatoms. The second kappa shape index (κ2) is 12.6. The molecule has 1 heterocycles. The Morgan fingerprint density at radius 2 is 1.97 bits per heavy atom. The molecule has 1 saturated heterocycles. The SMILES string of the molecule is CCOC(=O)COc1c(Br)cc(/C=C2\SC(=S)N(NC(=O)Nc3ccc(Cl)c(Cl)c3)C2=O)cc1OC. The lowest BCUT2D eigenvalue weighted by atomic mass is 10.2. The maximum atomic E-state index is 12.9. The topological polar surface area (TPSA) is 106 Å². The van der Waals surface area contributed by atoms with Gasteiger partial charge in [-0.2, -0.15) is 5.01 Å². The van der Waals surface area contributed by atoms with Crippen LogP contribution in [0.15, 0.2) is 39.7 Å². The Kier molecular flexibility index (Phi) is 9.85. The molecule has 0 spiro atoms. The molecule has 0 radical (unpaired) electrons. The number of hydrazine groups is 1. The molecule has 9 nitrogen and oxygen atoms in total. The van der Waals surface area contributed by atoms with Crippen LogP contribution in [0.2, 0.25) is 10.0 Å². The van der Waals surface area contributed by atoms with Gasteiger partial charge < -0.3 is 19.5 Å². The van der Waals surface area contributed by atoms with E-state index in [2.05, 4.69) is 26.7 Å². The Hall–Kier alpha value is -2.51. The number of urea groups is 1. The van der Waals surface area contributed by atoms with Gasteiger partial charge in [0, 0.05) is 5.69 Å². The molecule has 190 valence electrons. The zero-order valence-electron chi connectivity index (χ0n) is 18.7. The minimum Gasteiger partial charge on any atom is -0.493 e. The van der Waals surface area contributed by atoms with Gasteiger partial charge in [0.05, 0.1) is 33.1 Å². The third kappa shape index (κ3) is 7.04. The van der Waals surface area contributed by atoms with Crippen LogP contribution in [0, 0.1) is 0 Å². The Bertz CT molecular complexity index is 1260. The number of methoxy groups -OCH3 is 1. The minimum absolute atomic E-state index is 0.135. The normalized spacial score (nSPS) is 14.1. The Morgan fingerprint density at radius 1 is 1.22 bits per heavy atom. The minimum atomic E-state index is -0.696. The molecule has 1 aliphatic heterocycles. The van der Waals surface area contributed by atoms with Crippen LogP contribution in [-0.4, -0.2) is 47.6 Å². The van der Waals surface area contributed by atoms with Gasteiger partial charge in [0.2, 0.25) is 0 Å². The third-order valence-electron chi connectivity index (χ3n) is 4.37. The monoisotopic (exact) mass is 633 g/mol. The van der Waals surface area contributed by atoms with Crippen molar-refractivity contribution in [2.24, 2.45) is 0 Å². The van der Waals surface area contributed by atoms with Crippen LogP contribution in [0.5, 0.6) is 11.5 Å². The fourth-order valence-electron chi connectivity index (χ4n) is 2.85. The summed E-state index contributed by atoms with van der Waals surface area (Å²) in [7, 11) is 1.44. The molecule has 2 N–H and O–H groups in total. The lowest BCUT2D eigenvalue weighted by Gasteiger charge is -2.16. The summed E-state index contributed by atoms with van der Waals surface area (Å²) >= 11 is 21.5. The highest BCUT2D eigenvalue weighted by atomic mass is 79.9. The molecule has 0 atom stereocenters. The summed E-state index contributed by atoms with van der Waals surface area (Å²) in [5, 5.41) is 4.12. The summed E-state index contributed by atoms with van der Waals surface area (Å²) in [6.07, 6.45) is 1.58. The number of hydrogen-bond donors (Lipinski definition) is 2. The molecule has 3 rings (SSSR count). The first-order valence-corrected chi connectivity index (χ1v) is 12.9. The molecule has 2 aromatic rings. The van der Waals surface area contributed by atoms with Crippen molar-refractivity contribution in [1.29, 1.82) is 0 Å². The van der Waals surface area contributed by atoms with Crippen LogP contribution < -0.4 is 20.2 Å². The third-order valence-corrected chi connectivity index (χ3v) is 7.00. The number of carbonyl (C=O) groups excluding carboxylic acids is 3. The Balaban J connectivity index is 1.72. The van der Waals surface area contributed by atoms with E-state index in [-0.39, 0.29) is 27.5 Å². The van der Waals surface area contributed by atoms with Crippen LogP contribution >= 0.6 is 63.1 Å². The van der Waals surface area contributed by atoms with Crippen molar-refractivity contribution in [3.05, 3.63) is 55.3 Å². The number of anilines is 1. The van der Waals surface area contributed by atoms with E-state index in [1.165, 1.54) is 19.2 Å². The summed E-state index contributed by atoms with van der Waals surface area (Å²) in [5.41, 5.74) is 3.38. The van der Waals surface area contributed by atoms with Crippen LogP contribution in [-0.2, 0) is 14.3 Å². The number of ether oxygens (including phenoxy) is 3. The second-order valence-electron chi connectivity index (χ2n) is 6.84. The highest BCUT2D eigenvalue weighted by Gasteiger charge is 2.34. The summed E-state index contributed by atoms with van der Waals surface area (Å²) in [6, 6.07) is 7.17. The molecular weight excluding hydrogens is 617 g/mol. The van der Waals surface area contributed by atoms with Gasteiger partial charge in [-0.25, -0.2) is 15.0 Å². The zero-order valence-corrected chi connectivity index (χ0v) is 23.5. The fraction of sp³-hybridized carbons (Fsp3) is 0.182. The number of halogens is 3. The van der Waals surface area contributed by atoms with Crippen molar-refractivity contribution in [3.8, 4) is 11.5 Å². The van der Waals surface area contributed by atoms with Gasteiger partial charge in [0.1, 0.15) is 0 Å². The number of nitrogens with one attached hydrogen (secondary N) is 2. The number of thioether (sulfide) groups is 1. The molecule has 0 aliphatic carbocycles. The molecular formula is C22H18BrCl2N3O6S2. The van der Waals surface area contributed by atoms with Crippen LogP contribution in [0.4, 0.5) is 10.5 Å². The van der Waals surface area contributed by atoms with E-state index in [1.807, 2.05) is 0 Å². The lowest BCUT2D eigenvalue weighted by molar-refractivity contribution is -0.145. The highest BCUT2D eigenvalue weighted by molar-refractivity contribution is 9.10. The van der Waals surface area contributed by atoms with Crippen LogP contribution in [0.1, 0.15) is 12.5 Å². The molecule has 0 saturated carbocycles. The van der Waals surface area contributed by atoms with E-state index in [9.17, 15) is 14.4 Å². The first kappa shape index (κ1) is 28.1. The first-order chi connectivity index (χ1) is 17.1. The number of thiocarbonyl (C=S) groups is 1. The summed E-state index contributed by atoms with van der Waals surface area (Å²) in [5.74, 6) is -0.410. The maximum Gasteiger partial charge on any atom is 0.344 e. The van der Waals surface area contributed by atoms with Crippen molar-refractivity contribution >= 4 is 97.1 Å². The largest absolute Gasteiger partial charge is 0.493 e. The number of carbonyl (C=O) groups is 3. The predicted octanol–water partition coefficient (Wildman–Crippen LogP) is 5.64. The van der Waals surface area contributed by atoms with Gasteiger partial charge in [-0.15, -0.1) is 0 Å². The smallest absolute Gasteiger partial charge is 0.344 e. The molecule has 0 bridgehead atoms. The predicted molar refractivity (Wildman–Crippen MR) is 146 cm³/mol. The molecule has 2 aromatic carbocycles. The molecule has 0 aromatic heterocycles. The van der Waals surface area contributed by atoms with Gasteiger partial charge >= 0.3 is 12.0 Å². The van der Waals surface area contributed by atoms with Crippen LogP contribution in [0.25, 0.3) is 6.08 Å². The van der Waals surface area contributed by atoms with Crippen molar-refractivity contribution in [3.63, 3.8) is 0 Å². The van der Waals surface area contributed by atoms with Gasteiger partial charge in [-0.05, 0) is 77.0 Å². The Morgan fingerprint density at radius 3 is 2.64 bits per heavy atom. The summed E-state index contributed by atoms with van der Waals surface area (Å²) in [4.78, 5) is 37.2. The number of esters is 1. The average molecular weight is 635 g/mol. The number of rotatable bonds is 8. The fourth-order valence-corrected chi connectivity index (χ4v) is 4.90. The number of nitrogens with zero attached hydrogens (tertiary/aromatic N) is 1. The number of benzene rings is 2. The van der Waals surface area contributed by atoms with Gasteiger partial charge in [0.15, 0.2) is 22.4 Å². The first-order valence-electron chi connectivity index (χ1n) is 10.1. The van der Waals surface area contributed by atoms with Crippen molar-refractivity contribution in [2.45, 2.75) is 6.92 Å². The molecule has 0 unspecified atom stereocenters. The highest BCUT2D eigenvalue weighted by Crippen LogP contribution is 2.39. The number of hydrogen-bond acceptors (Lipinski definition) is 8. The van der Waals surface area contributed by atoms with Gasteiger partial charge in [0.25, 0.3) is 5.91 Å². The second-order valence-corrected chi connectivity index (χ2v) is 10.2. The van der Waals surface area contributed by atoms with E-state index in [1.54, 1.807) is 31.2 Å². The van der Waals surface area contributed by atoms with E-state index in [0.717, 1.165) is 16.8 Å². The van der Waals surface area contributed by atoms with Crippen molar-refractivity contribution in [1.82, 2.24) is 10.4 Å². The van der Waals surface area contributed by atoms with Crippen molar-refractivity contribution < 1.29 is 28.6 Å². The number of amides is 3. The zero-order chi connectivity index (χ0) is 26.4. The average Bonchev–Trinajstić information content (AvgIpc) is 3.07. The molecule has 3 amide bonds. The maximum absolute atomic E-state index is 12.9. The lowest BCUT2D eigenvalue weighted by Crippen LogP contribution is -2.46. The van der Waals surface area contributed by atoms with Gasteiger partial charge in [-0.3, -0.25) is 4.79 Å². The molecule has 1 aliphatic rings. The Labute approximate surface area is 234 Å². The van der Waals surface area contributed by atoms with E-state index < -0.39 is 17.9 Å². The molecule has 36 heavy (non-hydrogen) atoms. The van der Waals surface area contributed by atoms with E-state index in [4.69, 9.17) is 49.6 Å². The molecule has 1 fully saturated rings. The van der Waals surface area contributed by atoms with Crippen LogP contribution in [0.3, 0.4) is 0 Å². The van der Waals surface area contributed by atoms with E-state index in [0.29, 0.717) is 32.2 Å². The quantitative estimate of drug-likeness (QED) is 0.218. The summed E-state index contributed by atoms with van der Waals surface area (Å²) < 4.78 is 16.4. The van der Waals surface area contributed by atoms with Gasteiger partial charge in [-0.1, -0.05) is 35.0 Å². The summed E-state index contributed by atoms with van der Waals surface area (Å²) in [6.45, 7) is 1.64.